The molecule has 4 aromatic rings. The lowest BCUT2D eigenvalue weighted by Gasteiger charge is -2.31. The van der Waals surface area contributed by atoms with E-state index in [1.54, 1.807) is 0 Å². The van der Waals surface area contributed by atoms with E-state index >= 15 is 0 Å². The number of carbonyl (C=O) groups excluding carboxylic acids is 4. The van der Waals surface area contributed by atoms with Crippen molar-refractivity contribution in [1.29, 1.82) is 0 Å². The molecule has 16 heteroatoms. The highest BCUT2D eigenvalue weighted by Gasteiger charge is 2.38. The zero-order valence-electron chi connectivity index (χ0n) is 54.8. The number of hydrogen-bond donors (Lipinski definition) is 4. The van der Waals surface area contributed by atoms with Crippen LogP contribution < -0.4 is 0 Å². The van der Waals surface area contributed by atoms with Crippen LogP contribution in [0.1, 0.15) is 198 Å². The number of ether oxygens (including phenoxy) is 4. The summed E-state index contributed by atoms with van der Waals surface area (Å²) in [7, 11) is 0. The van der Waals surface area contributed by atoms with Gasteiger partial charge in [0.2, 0.25) is 0 Å². The van der Waals surface area contributed by atoms with Gasteiger partial charge in [-0.15, -0.1) is 0 Å². The summed E-state index contributed by atoms with van der Waals surface area (Å²) >= 11 is 6.13. The van der Waals surface area contributed by atoms with E-state index in [-0.39, 0.29) is 70.3 Å². The SMILES string of the molecule is Cc1cc(C(C)(C)C)c(O)c(C)c1CSCCC(=O)OCC(COC(=O)CCSCc1c(C)cc(C(C)(C)C)c(O)c1C)(COC(=O)CCSCc1c(C)cc(C(C)(C)C)c(O)c1C)COC(=O)CCSCc1c(C)cc(C(C)(C)C)c(O)c1C. The smallest absolute Gasteiger partial charge is 0.306 e. The lowest BCUT2D eigenvalue weighted by Crippen LogP contribution is -2.44. The zero-order valence-corrected chi connectivity index (χ0v) is 58.1. The van der Waals surface area contributed by atoms with E-state index in [0.717, 1.165) is 89.0 Å². The average Bonchev–Trinajstić information content (AvgIpc) is 2.24. The molecule has 0 bridgehead atoms. The van der Waals surface area contributed by atoms with Crippen LogP contribution in [0, 0.1) is 60.8 Å². The molecule has 0 saturated carbocycles. The van der Waals surface area contributed by atoms with Crippen molar-refractivity contribution in [3.05, 3.63) is 113 Å². The molecule has 0 heterocycles. The Labute approximate surface area is 526 Å². The molecule has 472 valence electrons. The first-order chi connectivity index (χ1) is 39.3. The molecular formula is C69H100O12S4. The molecule has 0 spiro atoms. The number of thioether (sulfide) groups is 4. The molecule has 0 unspecified atom stereocenters. The van der Waals surface area contributed by atoms with Gasteiger partial charge in [0.25, 0.3) is 0 Å². The van der Waals surface area contributed by atoms with Gasteiger partial charge in [-0.05, 0) is 166 Å². The molecule has 4 N–H and O–H groups in total. The first-order valence-corrected chi connectivity index (χ1v) is 34.2. The summed E-state index contributed by atoms with van der Waals surface area (Å²) in [5.41, 5.74) is 12.5. The number of phenolic OH excluding ortho intramolecular Hbond substituents is 4. The van der Waals surface area contributed by atoms with Crippen LogP contribution in [0.25, 0.3) is 0 Å². The monoisotopic (exact) mass is 1250 g/mol. The van der Waals surface area contributed by atoms with Gasteiger partial charge in [0.1, 0.15) is 54.8 Å². The molecule has 0 aliphatic carbocycles. The minimum Gasteiger partial charge on any atom is -0.507 e. The van der Waals surface area contributed by atoms with E-state index in [2.05, 4.69) is 83.1 Å². The summed E-state index contributed by atoms with van der Waals surface area (Å²) in [6, 6.07) is 8.10. The molecule has 0 aromatic heterocycles. The molecule has 12 nitrogen and oxygen atoms in total. The highest BCUT2D eigenvalue weighted by Crippen LogP contribution is 2.42. The van der Waals surface area contributed by atoms with E-state index in [9.17, 15) is 39.6 Å². The average molecular weight is 1250 g/mol. The molecule has 4 aromatic carbocycles. The van der Waals surface area contributed by atoms with Crippen molar-refractivity contribution in [2.45, 2.75) is 209 Å². The second kappa shape index (κ2) is 31.0. The predicted molar refractivity (Wildman–Crippen MR) is 355 cm³/mol. The van der Waals surface area contributed by atoms with Gasteiger partial charge in [-0.25, -0.2) is 0 Å². The molecule has 85 heavy (non-hydrogen) atoms. The van der Waals surface area contributed by atoms with Crippen molar-refractivity contribution in [2.75, 3.05) is 49.4 Å². The van der Waals surface area contributed by atoms with E-state index in [1.807, 2.05) is 79.7 Å². The maximum atomic E-state index is 13.7. The number of aryl methyl sites for hydroxylation is 4. The number of aromatic hydroxyl groups is 4. The molecule has 0 radical (unpaired) electrons. The Bertz CT molecular complexity index is 2600. The van der Waals surface area contributed by atoms with Gasteiger partial charge in [-0.1, -0.05) is 107 Å². The minimum atomic E-state index is -1.49. The van der Waals surface area contributed by atoms with Crippen LogP contribution in [0.4, 0.5) is 0 Å². The van der Waals surface area contributed by atoms with Crippen molar-refractivity contribution in [1.82, 2.24) is 0 Å². The molecule has 0 saturated heterocycles. The third-order valence-corrected chi connectivity index (χ3v) is 19.7. The van der Waals surface area contributed by atoms with Gasteiger partial charge < -0.3 is 39.4 Å². The third-order valence-electron chi connectivity index (χ3n) is 15.8. The van der Waals surface area contributed by atoms with Crippen molar-refractivity contribution < 1.29 is 58.6 Å². The Kier molecular flexibility index (Phi) is 26.6. The van der Waals surface area contributed by atoms with Crippen LogP contribution >= 0.6 is 47.0 Å². The van der Waals surface area contributed by atoms with Gasteiger partial charge in [0.15, 0.2) is 0 Å². The van der Waals surface area contributed by atoms with Crippen LogP contribution in [0.15, 0.2) is 24.3 Å². The topological polar surface area (TPSA) is 186 Å². The van der Waals surface area contributed by atoms with Crippen LogP contribution in [0.3, 0.4) is 0 Å². The molecule has 0 amide bonds. The van der Waals surface area contributed by atoms with Crippen molar-refractivity contribution in [2.24, 2.45) is 5.41 Å². The van der Waals surface area contributed by atoms with Gasteiger partial charge in [0, 0.05) is 46.0 Å². The summed E-state index contributed by atoms with van der Waals surface area (Å²) in [4.78, 5) is 54.8. The van der Waals surface area contributed by atoms with Gasteiger partial charge in [-0.2, -0.15) is 47.0 Å². The highest BCUT2D eigenvalue weighted by atomic mass is 32.2. The Morgan fingerprint density at radius 1 is 0.341 bits per heavy atom. The summed E-state index contributed by atoms with van der Waals surface area (Å²) < 4.78 is 23.9. The number of benzene rings is 4. The van der Waals surface area contributed by atoms with Crippen molar-refractivity contribution in [3.8, 4) is 23.0 Å². The fourth-order valence-corrected chi connectivity index (χ4v) is 14.4. The minimum absolute atomic E-state index is 0.0247. The maximum Gasteiger partial charge on any atom is 0.306 e. The maximum absolute atomic E-state index is 13.7. The van der Waals surface area contributed by atoms with Crippen molar-refractivity contribution in [3.63, 3.8) is 0 Å². The Morgan fingerprint density at radius 2 is 0.518 bits per heavy atom. The number of hydrogen-bond acceptors (Lipinski definition) is 16. The molecule has 4 rings (SSSR count). The first-order valence-electron chi connectivity index (χ1n) is 29.5. The molecule has 0 fully saturated rings. The first kappa shape index (κ1) is 72.8. The lowest BCUT2D eigenvalue weighted by molar-refractivity contribution is -0.170. The van der Waals surface area contributed by atoms with E-state index in [0.29, 0.717) is 46.0 Å². The summed E-state index contributed by atoms with van der Waals surface area (Å²) in [6.07, 6.45) is 0.0988. The summed E-state index contributed by atoms with van der Waals surface area (Å²) in [5, 5.41) is 44.5. The van der Waals surface area contributed by atoms with Gasteiger partial charge in [-0.3, -0.25) is 19.2 Å². The van der Waals surface area contributed by atoms with Crippen LogP contribution in [-0.2, 0) is 82.8 Å². The molecule has 0 aliphatic heterocycles. The summed E-state index contributed by atoms with van der Waals surface area (Å²) in [5.74, 6) is 2.76. The summed E-state index contributed by atoms with van der Waals surface area (Å²) in [6.45, 7) is 38.9. The van der Waals surface area contributed by atoms with Gasteiger partial charge >= 0.3 is 23.9 Å². The molecule has 0 atom stereocenters. The van der Waals surface area contributed by atoms with Gasteiger partial charge in [0.05, 0.1) is 25.7 Å². The third kappa shape index (κ3) is 20.7. The van der Waals surface area contributed by atoms with E-state index < -0.39 is 55.7 Å². The van der Waals surface area contributed by atoms with E-state index in [1.165, 1.54) is 47.0 Å². The fourth-order valence-electron chi connectivity index (χ4n) is 10.0. The number of esters is 4. The molecular weight excluding hydrogens is 1150 g/mol. The molecule has 0 aliphatic rings. The van der Waals surface area contributed by atoms with Crippen LogP contribution in [-0.4, -0.2) is 93.7 Å². The standard InChI is InChI=1S/C69H100O12S4/c1-41-29-53(65(9,10)11)61(74)45(5)49(41)33-82-25-21-57(70)78-37-69(38-79-58(71)22-26-83-34-50-42(2)30-54(66(12,13)14)62(75)46(50)6,39-80-59(72)23-27-84-35-51-43(3)31-55(67(15,16)17)63(76)47(51)7)40-81-60(73)24-28-85-36-52-44(4)32-56(68(18,19)20)64(77)48(52)8/h29-32,74-77H,21-28,33-40H2,1-20H3. The van der Waals surface area contributed by atoms with Crippen molar-refractivity contribution >= 4 is 70.9 Å². The van der Waals surface area contributed by atoms with E-state index in [4.69, 9.17) is 18.9 Å². The zero-order chi connectivity index (χ0) is 64.2. The predicted octanol–water partition coefficient (Wildman–Crippen LogP) is 15.9. The second-order valence-corrected chi connectivity index (χ2v) is 31.5. The largest absolute Gasteiger partial charge is 0.507 e. The second-order valence-electron chi connectivity index (χ2n) is 27.1. The highest BCUT2D eigenvalue weighted by molar-refractivity contribution is 7.99. The number of rotatable bonds is 28. The van der Waals surface area contributed by atoms with Crippen LogP contribution in [0.5, 0.6) is 23.0 Å². The lowest BCUT2D eigenvalue weighted by atomic mass is 9.83. The Morgan fingerprint density at radius 3 is 0.682 bits per heavy atom. The Hall–Kier alpha value is -4.64. The quantitative estimate of drug-likeness (QED) is 0.0239. The Balaban J connectivity index is 1.55. The van der Waals surface area contributed by atoms with Crippen LogP contribution in [0.2, 0.25) is 0 Å². The number of carbonyl (C=O) groups is 4. The normalized spacial score (nSPS) is 12.4. The fraction of sp³-hybridized carbons (Fsp3) is 0.594. The number of phenols is 4.